The second-order valence-corrected chi connectivity index (χ2v) is 5.12. The minimum Gasteiger partial charge on any atom is -0.350 e. The zero-order valence-electron chi connectivity index (χ0n) is 11.4. The molecule has 3 saturated heterocycles. The summed E-state index contributed by atoms with van der Waals surface area (Å²) in [5.41, 5.74) is 0. The molecule has 3 fully saturated rings. The molecule has 0 saturated carbocycles. The second-order valence-electron chi connectivity index (χ2n) is 5.12. The molecule has 0 aromatic heterocycles. The predicted octanol–water partition coefficient (Wildman–Crippen LogP) is 0.706. The summed E-state index contributed by atoms with van der Waals surface area (Å²) in [5.74, 6) is 0.0865. The average molecular weight is 273 g/mol. The third-order valence-corrected chi connectivity index (χ3v) is 3.83. The number of hydrogen-bond acceptors (Lipinski definition) is 6. The van der Waals surface area contributed by atoms with Crippen molar-refractivity contribution in [2.24, 2.45) is 5.92 Å². The van der Waals surface area contributed by atoms with Gasteiger partial charge in [-0.1, -0.05) is 6.92 Å². The van der Waals surface area contributed by atoms with E-state index >= 15 is 0 Å². The average Bonchev–Trinajstić information content (AvgIpc) is 3.10. The minimum atomic E-state index is -0.742. The number of rotatable bonds is 4. The molecule has 3 rings (SSSR count). The molecule has 1 atom stereocenters. The largest absolute Gasteiger partial charge is 0.350 e. The minimum absolute atomic E-state index is 0.166. The molecule has 3 heterocycles. The summed E-state index contributed by atoms with van der Waals surface area (Å²) in [6, 6.07) is 0. The van der Waals surface area contributed by atoms with Gasteiger partial charge in [-0.05, 0) is 6.92 Å². The van der Waals surface area contributed by atoms with Gasteiger partial charge in [0.1, 0.15) is 0 Å². The van der Waals surface area contributed by atoms with Crippen LogP contribution in [0.4, 0.5) is 0 Å². The fraction of sp³-hybridized carbons (Fsp3) is 0.923. The highest BCUT2D eigenvalue weighted by molar-refractivity contribution is 5.05. The zero-order chi connectivity index (χ0) is 13.3. The Labute approximate surface area is 113 Å². The molecule has 19 heavy (non-hydrogen) atoms. The van der Waals surface area contributed by atoms with Crippen LogP contribution in [-0.4, -0.2) is 58.0 Å². The summed E-state index contributed by atoms with van der Waals surface area (Å²) in [5, 5.41) is 0. The molecule has 3 aliphatic heterocycles. The first kappa shape index (κ1) is 13.7. The Morgan fingerprint density at radius 2 is 1.42 bits per heavy atom. The summed E-state index contributed by atoms with van der Waals surface area (Å²) in [6.45, 7) is 7.49. The van der Waals surface area contributed by atoms with E-state index in [0.717, 1.165) is 5.92 Å². The van der Waals surface area contributed by atoms with Crippen LogP contribution in [-0.2, 0) is 28.4 Å². The van der Waals surface area contributed by atoms with Gasteiger partial charge >= 0.3 is 0 Å². The molecule has 0 aromatic rings. The van der Waals surface area contributed by atoms with Crippen molar-refractivity contribution in [3.05, 3.63) is 5.92 Å². The first-order valence-electron chi connectivity index (χ1n) is 6.78. The monoisotopic (exact) mass is 273 g/mol. The van der Waals surface area contributed by atoms with E-state index in [4.69, 9.17) is 28.4 Å². The van der Waals surface area contributed by atoms with Crippen molar-refractivity contribution < 1.29 is 28.4 Å². The zero-order valence-corrected chi connectivity index (χ0v) is 11.4. The van der Waals surface area contributed by atoms with Crippen LogP contribution in [0.5, 0.6) is 0 Å². The molecule has 0 amide bonds. The molecule has 0 bridgehead atoms. The van der Waals surface area contributed by atoms with Crippen LogP contribution in [0.2, 0.25) is 0 Å². The van der Waals surface area contributed by atoms with Gasteiger partial charge in [0.25, 0.3) is 0 Å². The summed E-state index contributed by atoms with van der Waals surface area (Å²) in [4.78, 5) is 0. The maximum Gasteiger partial charge on any atom is 0.174 e. The van der Waals surface area contributed by atoms with E-state index in [2.05, 4.69) is 0 Å². The summed E-state index contributed by atoms with van der Waals surface area (Å²) in [6.07, 6.45) is -0.696. The van der Waals surface area contributed by atoms with E-state index < -0.39 is 5.79 Å². The van der Waals surface area contributed by atoms with E-state index in [0.29, 0.717) is 39.6 Å². The lowest BCUT2D eigenvalue weighted by Gasteiger charge is -2.39. The molecule has 0 N–H and O–H groups in total. The smallest absolute Gasteiger partial charge is 0.174 e. The lowest BCUT2D eigenvalue weighted by molar-refractivity contribution is -0.241. The van der Waals surface area contributed by atoms with Gasteiger partial charge in [-0.15, -0.1) is 0 Å². The Morgan fingerprint density at radius 1 is 0.895 bits per heavy atom. The van der Waals surface area contributed by atoms with E-state index in [1.807, 2.05) is 13.8 Å². The Kier molecular flexibility index (Phi) is 4.07. The Hall–Kier alpha value is -0.240. The van der Waals surface area contributed by atoms with Crippen molar-refractivity contribution in [2.75, 3.05) is 39.6 Å². The maximum atomic E-state index is 5.78. The Bertz CT molecular complexity index is 292. The van der Waals surface area contributed by atoms with Crippen LogP contribution >= 0.6 is 0 Å². The van der Waals surface area contributed by atoms with Crippen LogP contribution < -0.4 is 0 Å². The van der Waals surface area contributed by atoms with Crippen molar-refractivity contribution >= 4 is 0 Å². The van der Waals surface area contributed by atoms with Gasteiger partial charge in [0.15, 0.2) is 18.4 Å². The fourth-order valence-electron chi connectivity index (χ4n) is 2.92. The first-order chi connectivity index (χ1) is 9.21. The van der Waals surface area contributed by atoms with E-state index in [1.54, 1.807) is 0 Å². The number of hydrogen-bond donors (Lipinski definition) is 0. The maximum absolute atomic E-state index is 5.78. The van der Waals surface area contributed by atoms with Crippen molar-refractivity contribution in [1.82, 2.24) is 0 Å². The molecule has 6 heteroatoms. The molecule has 6 nitrogen and oxygen atoms in total. The third kappa shape index (κ3) is 2.66. The molecule has 3 aliphatic rings. The molecule has 0 aromatic carbocycles. The van der Waals surface area contributed by atoms with Crippen molar-refractivity contribution in [1.29, 1.82) is 0 Å². The lowest BCUT2D eigenvalue weighted by atomic mass is 9.85. The molecular weight excluding hydrogens is 252 g/mol. The van der Waals surface area contributed by atoms with Crippen LogP contribution in [0.1, 0.15) is 13.8 Å². The van der Waals surface area contributed by atoms with E-state index in [-0.39, 0.29) is 18.5 Å². The van der Waals surface area contributed by atoms with Crippen molar-refractivity contribution in [3.8, 4) is 0 Å². The highest BCUT2D eigenvalue weighted by Gasteiger charge is 2.52. The van der Waals surface area contributed by atoms with Crippen LogP contribution in [0.3, 0.4) is 0 Å². The van der Waals surface area contributed by atoms with Gasteiger partial charge in [0.2, 0.25) is 0 Å². The molecule has 0 spiro atoms. The van der Waals surface area contributed by atoms with Gasteiger partial charge < -0.3 is 28.4 Å². The SMILES string of the molecule is C[C](C1OCCO1)C(C1OCCO1)C1(C)OCCO1. The molecule has 1 unspecified atom stereocenters. The molecule has 1 radical (unpaired) electrons. The Balaban J connectivity index is 1.78. The predicted molar refractivity (Wildman–Crippen MR) is 64.1 cm³/mol. The highest BCUT2D eigenvalue weighted by atomic mass is 16.8. The number of ether oxygens (including phenoxy) is 6. The molecule has 109 valence electrons. The molecule has 0 aliphatic carbocycles. The molecular formula is C13H21O6. The normalized spacial score (nSPS) is 30.5. The van der Waals surface area contributed by atoms with Gasteiger partial charge in [-0.25, -0.2) is 0 Å². The van der Waals surface area contributed by atoms with Crippen LogP contribution in [0, 0.1) is 11.8 Å². The van der Waals surface area contributed by atoms with E-state index in [1.165, 1.54) is 0 Å². The summed E-state index contributed by atoms with van der Waals surface area (Å²) in [7, 11) is 0. The van der Waals surface area contributed by atoms with E-state index in [9.17, 15) is 0 Å². The highest BCUT2D eigenvalue weighted by Crippen LogP contribution is 2.41. The van der Waals surface area contributed by atoms with Crippen molar-refractivity contribution in [3.63, 3.8) is 0 Å². The lowest BCUT2D eigenvalue weighted by Crippen LogP contribution is -2.49. The van der Waals surface area contributed by atoms with Crippen molar-refractivity contribution in [2.45, 2.75) is 32.2 Å². The standard InChI is InChI=1S/C13H21O6/c1-9(11-14-3-4-15-11)10(12-16-5-6-17-12)13(2)18-7-8-19-13/h10-12H,3-8H2,1-2H3. The fourth-order valence-corrected chi connectivity index (χ4v) is 2.92. The summed E-state index contributed by atoms with van der Waals surface area (Å²) >= 11 is 0. The quantitative estimate of drug-likeness (QED) is 0.752. The second kappa shape index (κ2) is 5.63. The third-order valence-electron chi connectivity index (χ3n) is 3.83. The van der Waals surface area contributed by atoms with Gasteiger partial charge in [-0.3, -0.25) is 0 Å². The van der Waals surface area contributed by atoms with Crippen LogP contribution in [0.15, 0.2) is 0 Å². The van der Waals surface area contributed by atoms with Gasteiger partial charge in [-0.2, -0.15) is 0 Å². The van der Waals surface area contributed by atoms with Gasteiger partial charge in [0, 0.05) is 5.92 Å². The topological polar surface area (TPSA) is 55.4 Å². The van der Waals surface area contributed by atoms with Crippen LogP contribution in [0.25, 0.3) is 0 Å². The first-order valence-corrected chi connectivity index (χ1v) is 6.78. The van der Waals surface area contributed by atoms with Gasteiger partial charge in [0.05, 0.1) is 45.6 Å². The Morgan fingerprint density at radius 3 is 2.00 bits per heavy atom. The summed E-state index contributed by atoms with van der Waals surface area (Å²) < 4.78 is 34.0.